The molecular formula is C20H22FN3O2S. The fraction of sp³-hybridized carbons (Fsp3) is 0.500. The molecule has 5 rings (SSSR count). The first kappa shape index (κ1) is 17.1. The van der Waals surface area contributed by atoms with E-state index in [0.29, 0.717) is 18.3 Å². The quantitative estimate of drug-likeness (QED) is 0.879. The zero-order chi connectivity index (χ0) is 18.4. The van der Waals surface area contributed by atoms with Crippen LogP contribution in [0, 0.1) is 5.82 Å². The van der Waals surface area contributed by atoms with Gasteiger partial charge in [0.05, 0.1) is 29.0 Å². The van der Waals surface area contributed by atoms with Gasteiger partial charge < -0.3 is 15.0 Å². The third kappa shape index (κ3) is 3.12. The zero-order valence-electron chi connectivity index (χ0n) is 15.0. The van der Waals surface area contributed by atoms with Gasteiger partial charge in [-0.15, -0.1) is 11.3 Å². The summed E-state index contributed by atoms with van der Waals surface area (Å²) in [6.07, 6.45) is 7.52. The summed E-state index contributed by atoms with van der Waals surface area (Å²) in [5.74, 6) is -0.239. The van der Waals surface area contributed by atoms with Crippen molar-refractivity contribution in [2.75, 3.05) is 24.6 Å². The number of pyridine rings is 1. The number of anilines is 1. The number of carbonyl (C=O) groups excluding carboxylic acids is 1. The molecule has 2 fully saturated rings. The number of nitrogens with one attached hydrogen (secondary N) is 1. The van der Waals surface area contributed by atoms with Gasteiger partial charge in [0.1, 0.15) is 0 Å². The summed E-state index contributed by atoms with van der Waals surface area (Å²) in [7, 11) is 0. The van der Waals surface area contributed by atoms with Crippen LogP contribution < -0.4 is 10.2 Å². The summed E-state index contributed by atoms with van der Waals surface area (Å²) < 4.78 is 20.3. The Morgan fingerprint density at radius 3 is 2.93 bits per heavy atom. The first-order valence-electron chi connectivity index (χ1n) is 9.57. The number of hydrogen-bond donors (Lipinski definition) is 1. The van der Waals surface area contributed by atoms with Gasteiger partial charge in [-0.05, 0) is 43.4 Å². The van der Waals surface area contributed by atoms with Gasteiger partial charge in [-0.3, -0.25) is 9.78 Å². The number of fused-ring (bicyclic) bond motifs is 2. The molecule has 27 heavy (non-hydrogen) atoms. The SMILES string of the molecule is O=C(NC1CC1)c1cc2c(s1)CCOC21CCN(c2ccncc2F)CC1. The van der Waals surface area contributed by atoms with Gasteiger partial charge in [0.2, 0.25) is 0 Å². The van der Waals surface area contributed by atoms with E-state index < -0.39 is 0 Å². The lowest BCUT2D eigenvalue weighted by atomic mass is 9.82. The third-order valence-corrected chi connectivity index (χ3v) is 7.00. The average Bonchev–Trinajstić information content (AvgIpc) is 3.37. The molecule has 0 aromatic carbocycles. The van der Waals surface area contributed by atoms with Crippen molar-refractivity contribution in [2.24, 2.45) is 0 Å². The molecule has 1 saturated carbocycles. The topological polar surface area (TPSA) is 54.5 Å². The molecule has 1 amide bonds. The number of amides is 1. The number of halogens is 1. The molecule has 0 atom stereocenters. The zero-order valence-corrected chi connectivity index (χ0v) is 15.9. The van der Waals surface area contributed by atoms with Crippen molar-refractivity contribution in [3.63, 3.8) is 0 Å². The Morgan fingerprint density at radius 1 is 1.37 bits per heavy atom. The van der Waals surface area contributed by atoms with Crippen LogP contribution in [0.2, 0.25) is 0 Å². The Labute approximate surface area is 161 Å². The summed E-state index contributed by atoms with van der Waals surface area (Å²) in [6.45, 7) is 2.13. The second kappa shape index (κ2) is 6.56. The van der Waals surface area contributed by atoms with Crippen molar-refractivity contribution in [3.8, 4) is 0 Å². The average molecular weight is 387 g/mol. The number of aromatic nitrogens is 1. The lowest BCUT2D eigenvalue weighted by Gasteiger charge is -2.44. The van der Waals surface area contributed by atoms with E-state index in [1.807, 2.05) is 6.07 Å². The highest BCUT2D eigenvalue weighted by Gasteiger charge is 2.42. The molecule has 2 aromatic rings. The highest BCUT2D eigenvalue weighted by Crippen LogP contribution is 2.45. The first-order valence-corrected chi connectivity index (χ1v) is 10.4. The monoisotopic (exact) mass is 387 g/mol. The van der Waals surface area contributed by atoms with E-state index in [4.69, 9.17) is 4.74 Å². The van der Waals surface area contributed by atoms with Crippen molar-refractivity contribution < 1.29 is 13.9 Å². The van der Waals surface area contributed by atoms with E-state index in [0.717, 1.165) is 50.1 Å². The predicted octanol–water partition coefficient (Wildman–Crippen LogP) is 3.24. The lowest BCUT2D eigenvalue weighted by molar-refractivity contribution is -0.0757. The Morgan fingerprint density at radius 2 is 2.19 bits per heavy atom. The Kier molecular flexibility index (Phi) is 4.16. The van der Waals surface area contributed by atoms with Gasteiger partial charge in [-0.25, -0.2) is 4.39 Å². The minimum atomic E-state index is -0.345. The summed E-state index contributed by atoms with van der Waals surface area (Å²) in [4.78, 5) is 20.4. The van der Waals surface area contributed by atoms with Crippen LogP contribution in [-0.2, 0) is 16.8 Å². The van der Waals surface area contributed by atoms with Crippen LogP contribution in [-0.4, -0.2) is 36.6 Å². The normalized spacial score (nSPS) is 21.1. The minimum absolute atomic E-state index is 0.0448. The lowest BCUT2D eigenvalue weighted by Crippen LogP contribution is -2.46. The first-order chi connectivity index (χ1) is 13.1. The van der Waals surface area contributed by atoms with Crippen LogP contribution in [0.4, 0.5) is 10.1 Å². The van der Waals surface area contributed by atoms with Crippen LogP contribution in [0.1, 0.15) is 45.8 Å². The number of piperidine rings is 1. The molecule has 2 aliphatic heterocycles. The summed E-state index contributed by atoms with van der Waals surface area (Å²) in [6, 6.07) is 4.13. The van der Waals surface area contributed by atoms with Crippen molar-refractivity contribution in [3.05, 3.63) is 45.7 Å². The van der Waals surface area contributed by atoms with Crippen molar-refractivity contribution in [2.45, 2.75) is 43.7 Å². The van der Waals surface area contributed by atoms with E-state index in [1.165, 1.54) is 16.6 Å². The Balaban J connectivity index is 1.37. The van der Waals surface area contributed by atoms with Crippen LogP contribution in [0.3, 0.4) is 0 Å². The van der Waals surface area contributed by atoms with Gasteiger partial charge in [-0.1, -0.05) is 0 Å². The molecule has 7 heteroatoms. The van der Waals surface area contributed by atoms with Crippen LogP contribution >= 0.6 is 11.3 Å². The van der Waals surface area contributed by atoms with Crippen molar-refractivity contribution in [1.82, 2.24) is 10.3 Å². The molecule has 0 unspecified atom stereocenters. The second-order valence-corrected chi connectivity index (χ2v) is 8.74. The van der Waals surface area contributed by atoms with E-state index in [9.17, 15) is 9.18 Å². The third-order valence-electron chi connectivity index (χ3n) is 5.81. The molecule has 1 saturated heterocycles. The maximum atomic E-state index is 14.1. The van der Waals surface area contributed by atoms with Crippen molar-refractivity contribution in [1.29, 1.82) is 0 Å². The summed E-state index contributed by atoms with van der Waals surface area (Å²) in [5.41, 5.74) is 1.43. The number of ether oxygens (including phenoxy) is 1. The molecule has 2 aromatic heterocycles. The largest absolute Gasteiger partial charge is 0.370 e. The number of hydrogen-bond acceptors (Lipinski definition) is 5. The number of carbonyl (C=O) groups is 1. The maximum absolute atomic E-state index is 14.1. The molecule has 1 spiro atoms. The number of thiophene rings is 1. The number of rotatable bonds is 3. The van der Waals surface area contributed by atoms with Gasteiger partial charge in [0, 0.05) is 36.6 Å². The van der Waals surface area contributed by atoms with E-state index in [1.54, 1.807) is 23.6 Å². The van der Waals surface area contributed by atoms with Crippen LogP contribution in [0.5, 0.6) is 0 Å². The fourth-order valence-corrected chi connectivity index (χ4v) is 5.29. The summed E-state index contributed by atoms with van der Waals surface area (Å²) in [5, 5.41) is 3.08. The molecule has 0 radical (unpaired) electrons. The van der Waals surface area contributed by atoms with Gasteiger partial charge >= 0.3 is 0 Å². The second-order valence-electron chi connectivity index (χ2n) is 7.60. The van der Waals surface area contributed by atoms with Gasteiger partial charge in [-0.2, -0.15) is 0 Å². The number of nitrogens with zero attached hydrogens (tertiary/aromatic N) is 2. The Bertz CT molecular complexity index is 872. The van der Waals surface area contributed by atoms with Crippen LogP contribution in [0.15, 0.2) is 24.5 Å². The van der Waals surface area contributed by atoms with Crippen molar-refractivity contribution >= 4 is 22.9 Å². The summed E-state index contributed by atoms with van der Waals surface area (Å²) >= 11 is 1.61. The highest BCUT2D eigenvalue weighted by atomic mass is 32.1. The maximum Gasteiger partial charge on any atom is 0.261 e. The smallest absolute Gasteiger partial charge is 0.261 e. The standard InChI is InChI=1S/C20H22FN3O2S/c21-15-12-22-7-3-16(15)24-8-5-20(6-9-24)14-11-18(19(25)23-13-1-2-13)27-17(14)4-10-26-20/h3,7,11-13H,1-2,4-6,8-10H2,(H,23,25). The Hall–Kier alpha value is -1.99. The molecule has 3 aliphatic rings. The molecule has 1 aliphatic carbocycles. The molecule has 5 nitrogen and oxygen atoms in total. The van der Waals surface area contributed by atoms with E-state index in [-0.39, 0.29) is 17.3 Å². The van der Waals surface area contributed by atoms with Crippen LogP contribution in [0.25, 0.3) is 0 Å². The molecule has 142 valence electrons. The fourth-order valence-electron chi connectivity index (χ4n) is 4.16. The molecule has 1 N–H and O–H groups in total. The van der Waals surface area contributed by atoms with Gasteiger partial charge in [0.25, 0.3) is 5.91 Å². The molecule has 4 heterocycles. The van der Waals surface area contributed by atoms with Gasteiger partial charge in [0.15, 0.2) is 5.82 Å². The minimum Gasteiger partial charge on any atom is -0.370 e. The molecule has 0 bridgehead atoms. The predicted molar refractivity (Wildman–Crippen MR) is 102 cm³/mol. The highest BCUT2D eigenvalue weighted by molar-refractivity contribution is 7.14. The van der Waals surface area contributed by atoms with E-state index in [2.05, 4.69) is 15.2 Å². The molecular weight excluding hydrogens is 365 g/mol. The van der Waals surface area contributed by atoms with E-state index >= 15 is 0 Å².